The fourth-order valence-electron chi connectivity index (χ4n) is 5.82. The Morgan fingerprint density at radius 2 is 1.95 bits per heavy atom. The molecule has 1 aliphatic carbocycles. The number of likely N-dealkylation sites (tertiary alicyclic amines) is 1. The van der Waals surface area contributed by atoms with Gasteiger partial charge in [-0.25, -0.2) is 18.4 Å². The standard InChI is InChI=1S/C28H32F2N4O3/c1-19-17-28(14-15-33(19)27(36)37-18-20-8-3-2-4-9-20)25(31-24-13-6-5-12-23(24)30)32-26(35)34(28)22-11-7-10-21(29)16-22/h2-4,7-11,16,19,23-24H,5-6,12-15,17-18H2,1H3,(H,31,32,35)/t19-,23+,24+,28+/m0/s1. The number of nitrogens with one attached hydrogen (secondary N) is 1. The Balaban J connectivity index is 1.39. The van der Waals surface area contributed by atoms with Crippen molar-refractivity contribution < 1.29 is 23.1 Å². The fraction of sp³-hybridized carbons (Fsp3) is 0.464. The van der Waals surface area contributed by atoms with E-state index in [1.807, 2.05) is 37.3 Å². The quantitative estimate of drug-likeness (QED) is 0.582. The van der Waals surface area contributed by atoms with Gasteiger partial charge in [-0.05, 0) is 56.4 Å². The molecular formula is C28H32F2N4O3. The van der Waals surface area contributed by atoms with Crippen LogP contribution < -0.4 is 10.2 Å². The molecule has 37 heavy (non-hydrogen) atoms. The number of hydrogen-bond acceptors (Lipinski definition) is 4. The number of carbonyl (C=O) groups excluding carboxylic acids is 2. The summed E-state index contributed by atoms with van der Waals surface area (Å²) in [5.74, 6) is -0.0617. The van der Waals surface area contributed by atoms with E-state index in [1.54, 1.807) is 17.0 Å². The number of alkyl halides is 1. The lowest BCUT2D eigenvalue weighted by Crippen LogP contribution is -2.65. The average Bonchev–Trinajstić information content (AvgIpc) is 3.14. The molecule has 2 heterocycles. The number of nitrogens with zero attached hydrogens (tertiary/aromatic N) is 3. The van der Waals surface area contributed by atoms with E-state index in [4.69, 9.17) is 4.74 Å². The topological polar surface area (TPSA) is 74.2 Å². The van der Waals surface area contributed by atoms with Gasteiger partial charge in [0.2, 0.25) is 0 Å². The minimum Gasteiger partial charge on any atom is -0.445 e. The van der Waals surface area contributed by atoms with E-state index in [0.29, 0.717) is 43.8 Å². The monoisotopic (exact) mass is 510 g/mol. The summed E-state index contributed by atoms with van der Waals surface area (Å²) < 4.78 is 34.5. The molecule has 1 spiro atoms. The normalized spacial score (nSPS) is 27.8. The van der Waals surface area contributed by atoms with Crippen molar-refractivity contribution in [3.8, 4) is 0 Å². The number of amides is 3. The molecule has 1 N–H and O–H groups in total. The van der Waals surface area contributed by atoms with Crippen molar-refractivity contribution in [2.24, 2.45) is 4.99 Å². The van der Waals surface area contributed by atoms with Gasteiger partial charge < -0.3 is 15.0 Å². The third kappa shape index (κ3) is 5.04. The van der Waals surface area contributed by atoms with Crippen LogP contribution in [0.1, 0.15) is 51.0 Å². The zero-order valence-electron chi connectivity index (χ0n) is 20.9. The molecule has 7 nitrogen and oxygen atoms in total. The largest absolute Gasteiger partial charge is 0.445 e. The minimum atomic E-state index is -1.03. The van der Waals surface area contributed by atoms with Crippen molar-refractivity contribution in [1.29, 1.82) is 0 Å². The number of piperidine rings is 1. The van der Waals surface area contributed by atoms with Crippen LogP contribution in [0, 0.1) is 5.82 Å². The lowest BCUT2D eigenvalue weighted by molar-refractivity contribution is 0.0640. The molecule has 196 valence electrons. The molecule has 0 aromatic heterocycles. The Bertz CT molecular complexity index is 1180. The molecule has 2 aromatic carbocycles. The Morgan fingerprint density at radius 3 is 2.68 bits per heavy atom. The first-order valence-corrected chi connectivity index (χ1v) is 12.9. The Kier molecular flexibility index (Phi) is 7.13. The number of amidine groups is 1. The minimum absolute atomic E-state index is 0.162. The van der Waals surface area contributed by atoms with Crippen molar-refractivity contribution in [2.45, 2.75) is 75.8 Å². The van der Waals surface area contributed by atoms with Gasteiger partial charge >= 0.3 is 12.1 Å². The molecule has 9 heteroatoms. The molecule has 0 unspecified atom stereocenters. The first-order chi connectivity index (χ1) is 17.9. The van der Waals surface area contributed by atoms with Crippen molar-refractivity contribution in [1.82, 2.24) is 10.2 Å². The number of anilines is 1. The van der Waals surface area contributed by atoms with E-state index in [-0.39, 0.29) is 12.6 Å². The van der Waals surface area contributed by atoms with E-state index in [9.17, 15) is 18.4 Å². The van der Waals surface area contributed by atoms with Crippen molar-refractivity contribution in [2.75, 3.05) is 11.4 Å². The van der Waals surface area contributed by atoms with Crippen LogP contribution in [-0.4, -0.2) is 53.2 Å². The summed E-state index contributed by atoms with van der Waals surface area (Å²) >= 11 is 0. The molecular weight excluding hydrogens is 478 g/mol. The summed E-state index contributed by atoms with van der Waals surface area (Å²) in [5.41, 5.74) is 0.332. The van der Waals surface area contributed by atoms with Crippen LogP contribution in [0.2, 0.25) is 0 Å². The fourth-order valence-corrected chi connectivity index (χ4v) is 5.82. The maximum atomic E-state index is 14.8. The summed E-state index contributed by atoms with van der Waals surface area (Å²) in [6.07, 6.45) is 2.10. The second-order valence-corrected chi connectivity index (χ2v) is 10.2. The summed E-state index contributed by atoms with van der Waals surface area (Å²) in [4.78, 5) is 33.7. The summed E-state index contributed by atoms with van der Waals surface area (Å²) in [6.45, 7) is 2.36. The number of ether oxygens (including phenoxy) is 1. The number of hydrogen-bond donors (Lipinski definition) is 1. The zero-order valence-corrected chi connectivity index (χ0v) is 20.9. The maximum Gasteiger partial charge on any atom is 0.410 e. The highest BCUT2D eigenvalue weighted by molar-refractivity contribution is 6.16. The van der Waals surface area contributed by atoms with Gasteiger partial charge in [0, 0.05) is 18.3 Å². The molecule has 2 aromatic rings. The summed E-state index contributed by atoms with van der Waals surface area (Å²) in [5, 5.41) is 3.27. The van der Waals surface area contributed by atoms with Gasteiger partial charge in [-0.1, -0.05) is 49.2 Å². The van der Waals surface area contributed by atoms with Gasteiger partial charge in [0.15, 0.2) is 0 Å². The van der Waals surface area contributed by atoms with Crippen LogP contribution in [0.4, 0.5) is 24.1 Å². The third-order valence-electron chi connectivity index (χ3n) is 7.71. The molecule has 3 aliphatic rings. The molecule has 1 saturated heterocycles. The van der Waals surface area contributed by atoms with E-state index >= 15 is 0 Å². The molecule has 3 amide bonds. The van der Waals surface area contributed by atoms with Crippen LogP contribution in [-0.2, 0) is 11.3 Å². The predicted molar refractivity (Wildman–Crippen MR) is 137 cm³/mol. The second-order valence-electron chi connectivity index (χ2n) is 10.2. The van der Waals surface area contributed by atoms with Gasteiger partial charge in [0.25, 0.3) is 0 Å². The highest BCUT2D eigenvalue weighted by Gasteiger charge is 2.55. The maximum absolute atomic E-state index is 14.8. The van der Waals surface area contributed by atoms with Crippen molar-refractivity contribution in [3.63, 3.8) is 0 Å². The van der Waals surface area contributed by atoms with Gasteiger partial charge in [-0.15, -0.1) is 0 Å². The van der Waals surface area contributed by atoms with Crippen LogP contribution >= 0.6 is 0 Å². The first kappa shape index (κ1) is 25.2. The number of urea groups is 1. The van der Waals surface area contributed by atoms with Crippen molar-refractivity contribution >= 4 is 23.6 Å². The van der Waals surface area contributed by atoms with E-state index < -0.39 is 35.7 Å². The van der Waals surface area contributed by atoms with E-state index in [2.05, 4.69) is 10.3 Å². The molecule has 0 radical (unpaired) electrons. The third-order valence-corrected chi connectivity index (χ3v) is 7.71. The SMILES string of the molecule is C[C@H]1C[C@]2(CCN1C(=O)OCc1ccccc1)C(N[C@@H]1CCCC[C@H]1F)=NC(=O)N2c1cccc(F)c1. The number of benzene rings is 2. The lowest BCUT2D eigenvalue weighted by Gasteiger charge is -2.48. The Labute approximate surface area is 215 Å². The van der Waals surface area contributed by atoms with Crippen LogP contribution in [0.25, 0.3) is 0 Å². The molecule has 2 aliphatic heterocycles. The average molecular weight is 511 g/mol. The molecule has 5 rings (SSSR count). The Hall–Kier alpha value is -3.49. The number of halogens is 2. The van der Waals surface area contributed by atoms with Crippen LogP contribution in [0.5, 0.6) is 0 Å². The van der Waals surface area contributed by atoms with Crippen LogP contribution in [0.3, 0.4) is 0 Å². The van der Waals surface area contributed by atoms with Crippen LogP contribution in [0.15, 0.2) is 59.6 Å². The van der Waals surface area contributed by atoms with Crippen molar-refractivity contribution in [3.05, 3.63) is 66.0 Å². The summed E-state index contributed by atoms with van der Waals surface area (Å²) in [7, 11) is 0. The Morgan fingerprint density at radius 1 is 1.16 bits per heavy atom. The molecule has 0 bridgehead atoms. The van der Waals surface area contributed by atoms with E-state index in [0.717, 1.165) is 18.4 Å². The van der Waals surface area contributed by atoms with Gasteiger partial charge in [-0.2, -0.15) is 4.99 Å². The van der Waals surface area contributed by atoms with Gasteiger partial charge in [-0.3, -0.25) is 4.90 Å². The first-order valence-electron chi connectivity index (χ1n) is 12.9. The molecule has 2 fully saturated rings. The molecule has 4 atom stereocenters. The second kappa shape index (κ2) is 10.5. The van der Waals surface area contributed by atoms with Gasteiger partial charge in [0.1, 0.15) is 30.0 Å². The zero-order chi connectivity index (χ0) is 26.0. The highest BCUT2D eigenvalue weighted by Crippen LogP contribution is 2.41. The number of aliphatic imine (C=N–C) groups is 1. The number of rotatable bonds is 4. The highest BCUT2D eigenvalue weighted by atomic mass is 19.1. The molecule has 1 saturated carbocycles. The predicted octanol–water partition coefficient (Wildman–Crippen LogP) is 5.59. The smallest absolute Gasteiger partial charge is 0.410 e. The van der Waals surface area contributed by atoms with Gasteiger partial charge in [0.05, 0.1) is 6.04 Å². The summed E-state index contributed by atoms with van der Waals surface area (Å²) in [6, 6.07) is 14.0. The number of carbonyl (C=O) groups is 2. The lowest BCUT2D eigenvalue weighted by atomic mass is 9.80. The van der Waals surface area contributed by atoms with E-state index in [1.165, 1.54) is 17.0 Å².